The molecule has 0 fully saturated rings. The van der Waals surface area contributed by atoms with Gasteiger partial charge in [0.15, 0.2) is 0 Å². The molecule has 8 aromatic rings. The number of rotatable bonds is 4. The fourth-order valence-electron chi connectivity index (χ4n) is 5.92. The number of benzene rings is 7. The van der Waals surface area contributed by atoms with Crippen molar-refractivity contribution >= 4 is 64.9 Å². The van der Waals surface area contributed by atoms with Gasteiger partial charge in [0.2, 0.25) is 0 Å². The highest BCUT2D eigenvalue weighted by molar-refractivity contribution is 14.1. The molecule has 1 heterocycles. The molecule has 0 bridgehead atoms. The summed E-state index contributed by atoms with van der Waals surface area (Å²) in [6, 6.07) is 55.6. The van der Waals surface area contributed by atoms with Gasteiger partial charge >= 0.3 is 0 Å². The Balaban J connectivity index is 1.07. The SMILES string of the molecule is Ic1ccc(-c2ccc(-c3ccc4cc(-c5ccc(-c6cccc7c6sc6ccccc67)cc5)ccc4c3)cc2)cc1. The summed E-state index contributed by atoms with van der Waals surface area (Å²) in [6.45, 7) is 0. The minimum Gasteiger partial charge on any atom is -0.135 e. The summed E-state index contributed by atoms with van der Waals surface area (Å²) < 4.78 is 3.96. The highest BCUT2D eigenvalue weighted by Gasteiger charge is 2.11. The van der Waals surface area contributed by atoms with E-state index in [-0.39, 0.29) is 0 Å². The minimum absolute atomic E-state index is 1.24. The molecule has 0 atom stereocenters. The molecule has 198 valence electrons. The summed E-state index contributed by atoms with van der Waals surface area (Å²) >= 11 is 4.23. The molecule has 0 aliphatic heterocycles. The van der Waals surface area contributed by atoms with E-state index >= 15 is 0 Å². The zero-order valence-electron chi connectivity index (χ0n) is 22.7. The van der Waals surface area contributed by atoms with Gasteiger partial charge in [-0.05, 0) is 108 Å². The van der Waals surface area contributed by atoms with Gasteiger partial charge in [0, 0.05) is 23.7 Å². The second-order valence-corrected chi connectivity index (χ2v) is 13.0. The Bertz CT molecular complexity index is 2220. The first-order valence-electron chi connectivity index (χ1n) is 14.1. The lowest BCUT2D eigenvalue weighted by Gasteiger charge is -2.09. The Kier molecular flexibility index (Phi) is 6.39. The zero-order chi connectivity index (χ0) is 28.0. The average molecular weight is 665 g/mol. The molecule has 0 saturated heterocycles. The Morgan fingerprint density at radius 2 is 0.857 bits per heavy atom. The lowest BCUT2D eigenvalue weighted by Crippen LogP contribution is -1.84. The Labute approximate surface area is 263 Å². The van der Waals surface area contributed by atoms with Gasteiger partial charge in [-0.1, -0.05) is 121 Å². The van der Waals surface area contributed by atoms with E-state index in [0.717, 1.165) is 0 Å². The fourth-order valence-corrected chi connectivity index (χ4v) is 7.52. The quantitative estimate of drug-likeness (QED) is 0.164. The largest absolute Gasteiger partial charge is 0.135 e. The molecule has 0 unspecified atom stereocenters. The lowest BCUT2D eigenvalue weighted by atomic mass is 9.95. The number of thiophene rings is 1. The summed E-state index contributed by atoms with van der Waals surface area (Å²) in [4.78, 5) is 0. The predicted octanol–water partition coefficient (Wildman–Crippen LogP) is 12.5. The van der Waals surface area contributed by atoms with Crippen LogP contribution in [0.1, 0.15) is 0 Å². The van der Waals surface area contributed by atoms with Gasteiger partial charge in [-0.15, -0.1) is 11.3 Å². The second kappa shape index (κ2) is 10.5. The summed E-state index contributed by atoms with van der Waals surface area (Å²) in [7, 11) is 0. The maximum absolute atomic E-state index is 2.35. The van der Waals surface area contributed by atoms with Crippen molar-refractivity contribution in [3.8, 4) is 44.5 Å². The van der Waals surface area contributed by atoms with E-state index in [1.807, 2.05) is 11.3 Å². The second-order valence-electron chi connectivity index (χ2n) is 10.7. The number of hydrogen-bond donors (Lipinski definition) is 0. The number of halogens is 1. The highest BCUT2D eigenvalue weighted by Crippen LogP contribution is 2.40. The summed E-state index contributed by atoms with van der Waals surface area (Å²) in [5.41, 5.74) is 10.0. The normalized spacial score (nSPS) is 11.5. The third-order valence-corrected chi connectivity index (χ3v) is 10.1. The number of fused-ring (bicyclic) bond motifs is 4. The third kappa shape index (κ3) is 4.61. The number of hydrogen-bond acceptors (Lipinski definition) is 1. The molecular weight excluding hydrogens is 639 g/mol. The third-order valence-electron chi connectivity index (χ3n) is 8.17. The van der Waals surface area contributed by atoms with E-state index < -0.39 is 0 Å². The molecule has 2 heteroatoms. The molecule has 8 rings (SSSR count). The van der Waals surface area contributed by atoms with E-state index in [4.69, 9.17) is 0 Å². The van der Waals surface area contributed by atoms with Crippen molar-refractivity contribution in [3.63, 3.8) is 0 Å². The first-order chi connectivity index (χ1) is 20.7. The predicted molar refractivity (Wildman–Crippen MR) is 191 cm³/mol. The Hall–Kier alpha value is -4.25. The van der Waals surface area contributed by atoms with Crippen LogP contribution in [-0.2, 0) is 0 Å². The van der Waals surface area contributed by atoms with E-state index in [2.05, 4.69) is 174 Å². The van der Waals surface area contributed by atoms with Gasteiger partial charge in [-0.3, -0.25) is 0 Å². The molecule has 42 heavy (non-hydrogen) atoms. The lowest BCUT2D eigenvalue weighted by molar-refractivity contribution is 1.58. The zero-order valence-corrected chi connectivity index (χ0v) is 25.7. The maximum Gasteiger partial charge on any atom is 0.0433 e. The summed E-state index contributed by atoms with van der Waals surface area (Å²) in [5.74, 6) is 0. The molecule has 1 aromatic heterocycles. The van der Waals surface area contributed by atoms with Crippen LogP contribution in [0.15, 0.2) is 152 Å². The smallest absolute Gasteiger partial charge is 0.0433 e. The van der Waals surface area contributed by atoms with Crippen molar-refractivity contribution < 1.29 is 0 Å². The molecule has 0 aliphatic rings. The van der Waals surface area contributed by atoms with Crippen molar-refractivity contribution in [2.45, 2.75) is 0 Å². The molecule has 0 spiro atoms. The van der Waals surface area contributed by atoms with Crippen molar-refractivity contribution in [2.24, 2.45) is 0 Å². The Morgan fingerprint density at radius 3 is 1.48 bits per heavy atom. The van der Waals surface area contributed by atoms with Crippen LogP contribution in [0.4, 0.5) is 0 Å². The molecule has 0 radical (unpaired) electrons. The van der Waals surface area contributed by atoms with E-state index in [1.165, 1.54) is 79.0 Å². The molecule has 0 nitrogen and oxygen atoms in total. The molecule has 0 saturated carbocycles. The highest BCUT2D eigenvalue weighted by atomic mass is 127. The van der Waals surface area contributed by atoms with Crippen LogP contribution in [0, 0.1) is 3.57 Å². The molecule has 0 N–H and O–H groups in total. The molecule has 0 amide bonds. The summed E-state index contributed by atoms with van der Waals surface area (Å²) in [5, 5.41) is 5.19. The van der Waals surface area contributed by atoms with Crippen LogP contribution in [0.25, 0.3) is 75.5 Å². The van der Waals surface area contributed by atoms with E-state index in [0.29, 0.717) is 0 Å². The minimum atomic E-state index is 1.24. The van der Waals surface area contributed by atoms with Gasteiger partial charge in [0.05, 0.1) is 0 Å². The topological polar surface area (TPSA) is 0 Å². The average Bonchev–Trinajstić information content (AvgIpc) is 3.44. The van der Waals surface area contributed by atoms with Gasteiger partial charge < -0.3 is 0 Å². The fraction of sp³-hybridized carbons (Fsp3) is 0. The maximum atomic E-state index is 2.35. The first kappa shape index (κ1) is 25.5. The monoisotopic (exact) mass is 664 g/mol. The van der Waals surface area contributed by atoms with E-state index in [1.54, 1.807) is 0 Å². The van der Waals surface area contributed by atoms with Gasteiger partial charge in [-0.2, -0.15) is 0 Å². The van der Waals surface area contributed by atoms with Gasteiger partial charge in [-0.25, -0.2) is 0 Å². The van der Waals surface area contributed by atoms with Crippen LogP contribution >= 0.6 is 33.9 Å². The van der Waals surface area contributed by atoms with Gasteiger partial charge in [0.25, 0.3) is 0 Å². The molecular formula is C40H25IS. The standard InChI is InChI=1S/C40H25IS/c41-35-22-20-27(21-23-35)26-8-10-28(11-9-26)31-16-18-34-25-32(17-19-33(34)24-31)29-12-14-30(15-13-29)36-5-3-6-38-37-4-1-2-7-39(37)42-40(36)38/h1-25H. The van der Waals surface area contributed by atoms with E-state index in [9.17, 15) is 0 Å². The van der Waals surface area contributed by atoms with Crippen molar-refractivity contribution in [3.05, 3.63) is 155 Å². The van der Waals surface area contributed by atoms with Crippen LogP contribution in [0.5, 0.6) is 0 Å². The Morgan fingerprint density at radius 1 is 0.381 bits per heavy atom. The van der Waals surface area contributed by atoms with Crippen molar-refractivity contribution in [1.82, 2.24) is 0 Å². The first-order valence-corrected chi connectivity index (χ1v) is 16.0. The summed E-state index contributed by atoms with van der Waals surface area (Å²) in [6.07, 6.45) is 0. The molecule has 7 aromatic carbocycles. The van der Waals surface area contributed by atoms with Gasteiger partial charge in [0.1, 0.15) is 0 Å². The van der Waals surface area contributed by atoms with Crippen LogP contribution in [0.2, 0.25) is 0 Å². The molecule has 0 aliphatic carbocycles. The van der Waals surface area contributed by atoms with Crippen molar-refractivity contribution in [1.29, 1.82) is 0 Å². The van der Waals surface area contributed by atoms with Crippen LogP contribution in [-0.4, -0.2) is 0 Å². The van der Waals surface area contributed by atoms with Crippen molar-refractivity contribution in [2.75, 3.05) is 0 Å². The van der Waals surface area contributed by atoms with Crippen LogP contribution in [0.3, 0.4) is 0 Å². The van der Waals surface area contributed by atoms with Crippen LogP contribution < -0.4 is 0 Å².